The van der Waals surface area contributed by atoms with Gasteiger partial charge in [-0.25, -0.2) is 0 Å². The van der Waals surface area contributed by atoms with E-state index in [1.165, 1.54) is 0 Å². The van der Waals surface area contributed by atoms with E-state index < -0.39 is 11.9 Å². The van der Waals surface area contributed by atoms with Crippen LogP contribution in [-0.2, 0) is 9.59 Å². The van der Waals surface area contributed by atoms with E-state index in [4.69, 9.17) is 0 Å². The molecule has 2 unspecified atom stereocenters. The number of rotatable bonds is 6. The van der Waals surface area contributed by atoms with Crippen LogP contribution in [0.3, 0.4) is 0 Å². The summed E-state index contributed by atoms with van der Waals surface area (Å²) in [5, 5.41) is 9.36. The van der Waals surface area contributed by atoms with Crippen molar-refractivity contribution in [3.63, 3.8) is 0 Å². The van der Waals surface area contributed by atoms with Gasteiger partial charge in [-0.2, -0.15) is 0 Å². The highest BCUT2D eigenvalue weighted by Crippen LogP contribution is 2.37. The van der Waals surface area contributed by atoms with Crippen LogP contribution in [0.25, 0.3) is 0 Å². The summed E-state index contributed by atoms with van der Waals surface area (Å²) in [6.07, 6.45) is 3.78. The van der Waals surface area contributed by atoms with Crippen LogP contribution in [0.2, 0.25) is 0 Å². The van der Waals surface area contributed by atoms with Gasteiger partial charge in [-0.15, -0.1) is 0 Å². The molecule has 1 aliphatic rings. The number of benzene rings is 1. The minimum absolute atomic E-state index is 0.00875. The molecule has 21 heavy (non-hydrogen) atoms. The normalized spacial score (nSPS) is 18.4. The smallest absolute Gasteiger partial charge is 0.312 e. The molecule has 4 nitrogen and oxygen atoms in total. The van der Waals surface area contributed by atoms with Crippen LogP contribution in [-0.4, -0.2) is 23.5 Å². The second-order valence-corrected chi connectivity index (χ2v) is 5.65. The molecule has 1 aromatic carbocycles. The first-order valence-corrected chi connectivity index (χ1v) is 7.73. The highest BCUT2D eigenvalue weighted by molar-refractivity contribution is 6.00. The van der Waals surface area contributed by atoms with Gasteiger partial charge in [0.05, 0.1) is 0 Å². The number of carboxylic acid groups (broad SMARTS) is 1. The van der Waals surface area contributed by atoms with Crippen molar-refractivity contribution in [2.24, 2.45) is 5.92 Å². The van der Waals surface area contributed by atoms with Crippen LogP contribution < -0.4 is 4.90 Å². The number of anilines is 1. The molecule has 0 aromatic heterocycles. The lowest BCUT2D eigenvalue weighted by Gasteiger charge is -2.23. The van der Waals surface area contributed by atoms with Crippen molar-refractivity contribution in [3.05, 3.63) is 29.8 Å². The van der Waals surface area contributed by atoms with Gasteiger partial charge in [0.25, 0.3) is 0 Å². The van der Waals surface area contributed by atoms with E-state index in [9.17, 15) is 14.7 Å². The lowest BCUT2D eigenvalue weighted by atomic mass is 9.97. The topological polar surface area (TPSA) is 57.6 Å². The highest BCUT2D eigenvalue weighted by atomic mass is 16.4. The maximum absolute atomic E-state index is 12.7. The van der Waals surface area contributed by atoms with Crippen molar-refractivity contribution in [1.82, 2.24) is 0 Å². The first-order valence-electron chi connectivity index (χ1n) is 7.73. The van der Waals surface area contributed by atoms with Crippen molar-refractivity contribution in [2.45, 2.75) is 45.4 Å². The monoisotopic (exact) mass is 289 g/mol. The lowest BCUT2D eigenvalue weighted by Crippen LogP contribution is -2.36. The van der Waals surface area contributed by atoms with Crippen LogP contribution >= 0.6 is 0 Å². The average molecular weight is 289 g/mol. The minimum atomic E-state index is -0.862. The van der Waals surface area contributed by atoms with Crippen molar-refractivity contribution >= 4 is 17.6 Å². The zero-order chi connectivity index (χ0) is 15.4. The van der Waals surface area contributed by atoms with Gasteiger partial charge in [0.15, 0.2) is 0 Å². The van der Waals surface area contributed by atoms with Gasteiger partial charge < -0.3 is 10.0 Å². The van der Waals surface area contributed by atoms with E-state index in [0.29, 0.717) is 0 Å². The minimum Gasteiger partial charge on any atom is -0.481 e. The molecular weight excluding hydrogens is 266 g/mol. The first-order chi connectivity index (χ1) is 10.1. The van der Waals surface area contributed by atoms with Crippen molar-refractivity contribution in [1.29, 1.82) is 0 Å². The molecule has 0 bridgehead atoms. The molecule has 1 amide bonds. The zero-order valence-corrected chi connectivity index (χ0v) is 12.7. The van der Waals surface area contributed by atoms with Crippen LogP contribution in [0.5, 0.6) is 0 Å². The molecule has 114 valence electrons. The fraction of sp³-hybridized carbons (Fsp3) is 0.529. The van der Waals surface area contributed by atoms with E-state index in [0.717, 1.165) is 36.9 Å². The Labute approximate surface area is 125 Å². The number of hydrogen-bond acceptors (Lipinski definition) is 2. The molecule has 0 aliphatic carbocycles. The Balaban J connectivity index is 2.24. The van der Waals surface area contributed by atoms with Crippen LogP contribution in [0, 0.1) is 5.92 Å². The van der Waals surface area contributed by atoms with Gasteiger partial charge in [-0.3, -0.25) is 9.59 Å². The van der Waals surface area contributed by atoms with Crippen LogP contribution in [0.4, 0.5) is 5.69 Å². The number of hydrogen-bond donors (Lipinski definition) is 1. The van der Waals surface area contributed by atoms with Crippen molar-refractivity contribution in [2.75, 3.05) is 11.4 Å². The van der Waals surface area contributed by atoms with Gasteiger partial charge in [-0.1, -0.05) is 44.9 Å². The summed E-state index contributed by atoms with van der Waals surface area (Å²) in [6.45, 7) is 4.40. The van der Waals surface area contributed by atoms with Crippen LogP contribution in [0.1, 0.15) is 51.0 Å². The number of nitrogens with zero attached hydrogens (tertiary/aromatic N) is 1. The molecular formula is C17H23NO3. The van der Waals surface area contributed by atoms with E-state index >= 15 is 0 Å². The summed E-state index contributed by atoms with van der Waals surface area (Å²) in [5.41, 5.74) is 1.52. The summed E-state index contributed by atoms with van der Waals surface area (Å²) in [4.78, 5) is 25.8. The molecule has 1 aliphatic heterocycles. The third-order valence-electron chi connectivity index (χ3n) is 4.28. The van der Waals surface area contributed by atoms with E-state index in [2.05, 4.69) is 6.92 Å². The number of carboxylic acids is 1. The van der Waals surface area contributed by atoms with Gasteiger partial charge in [-0.05, 0) is 24.5 Å². The van der Waals surface area contributed by atoms with E-state index in [1.54, 1.807) is 4.90 Å². The maximum Gasteiger partial charge on any atom is 0.312 e. The average Bonchev–Trinajstić information content (AvgIpc) is 2.87. The van der Waals surface area contributed by atoms with Crippen molar-refractivity contribution < 1.29 is 14.7 Å². The summed E-state index contributed by atoms with van der Waals surface area (Å²) >= 11 is 0. The summed E-state index contributed by atoms with van der Waals surface area (Å²) in [5.74, 6) is -1.40. The number of fused-ring (bicyclic) bond motifs is 1. The second-order valence-electron chi connectivity index (χ2n) is 5.65. The molecule has 1 aromatic rings. The number of unbranched alkanes of at least 4 members (excludes halogenated alkanes) is 1. The van der Waals surface area contributed by atoms with E-state index in [1.807, 2.05) is 31.2 Å². The fourth-order valence-electron chi connectivity index (χ4n) is 3.00. The fourth-order valence-corrected chi connectivity index (χ4v) is 3.00. The Hall–Kier alpha value is -1.84. The molecule has 2 rings (SSSR count). The molecule has 1 N–H and O–H groups in total. The Morgan fingerprint density at radius 3 is 2.67 bits per heavy atom. The first kappa shape index (κ1) is 15.5. The Kier molecular flexibility index (Phi) is 4.99. The van der Waals surface area contributed by atoms with Gasteiger partial charge >= 0.3 is 5.97 Å². The Bertz CT molecular complexity index is 527. The number of aliphatic carboxylic acids is 1. The van der Waals surface area contributed by atoms with Gasteiger partial charge in [0.2, 0.25) is 5.91 Å². The number of para-hydroxylation sites is 1. The molecule has 0 saturated carbocycles. The number of carbonyl (C=O) groups is 2. The zero-order valence-electron chi connectivity index (χ0n) is 12.7. The third-order valence-corrected chi connectivity index (χ3v) is 4.28. The summed E-state index contributed by atoms with van der Waals surface area (Å²) in [7, 11) is 0. The summed E-state index contributed by atoms with van der Waals surface area (Å²) in [6, 6.07) is 7.35. The highest BCUT2D eigenvalue weighted by Gasteiger charge is 2.37. The number of amides is 1. The molecule has 0 radical (unpaired) electrons. The number of carbonyl (C=O) groups excluding carboxylic acids is 1. The standard InChI is InChI=1S/C17H23NO3/c1-3-5-8-12(4-2)16(19)18-11-14(17(20)21)13-9-6-7-10-15(13)18/h6-7,9-10,12,14H,3-5,8,11H2,1-2H3,(H,20,21). The van der Waals surface area contributed by atoms with Crippen LogP contribution in [0.15, 0.2) is 24.3 Å². The van der Waals surface area contributed by atoms with Gasteiger partial charge in [0, 0.05) is 18.2 Å². The predicted molar refractivity (Wildman–Crippen MR) is 82.5 cm³/mol. The van der Waals surface area contributed by atoms with Crippen molar-refractivity contribution in [3.8, 4) is 0 Å². The largest absolute Gasteiger partial charge is 0.481 e. The van der Waals surface area contributed by atoms with Gasteiger partial charge in [0.1, 0.15) is 5.92 Å². The summed E-state index contributed by atoms with van der Waals surface area (Å²) < 4.78 is 0. The van der Waals surface area contributed by atoms with E-state index in [-0.39, 0.29) is 18.4 Å². The third kappa shape index (κ3) is 3.09. The maximum atomic E-state index is 12.7. The molecule has 4 heteroatoms. The lowest BCUT2D eigenvalue weighted by molar-refractivity contribution is -0.138. The molecule has 0 saturated heterocycles. The Morgan fingerprint density at radius 1 is 1.33 bits per heavy atom. The molecule has 0 fully saturated rings. The molecule has 2 atom stereocenters. The molecule has 0 spiro atoms. The quantitative estimate of drug-likeness (QED) is 0.873. The molecule has 1 heterocycles. The SMILES string of the molecule is CCCCC(CC)C(=O)N1CC(C(=O)O)c2ccccc21. The Morgan fingerprint density at radius 2 is 2.05 bits per heavy atom. The second kappa shape index (κ2) is 6.74. The predicted octanol–water partition coefficient (Wildman–Crippen LogP) is 3.42.